The van der Waals surface area contributed by atoms with E-state index in [0.717, 1.165) is 11.1 Å². The van der Waals surface area contributed by atoms with Crippen LogP contribution in [0.5, 0.6) is 0 Å². The number of pyridine rings is 1. The van der Waals surface area contributed by atoms with Crippen molar-refractivity contribution >= 4 is 23.1 Å². The van der Waals surface area contributed by atoms with Gasteiger partial charge < -0.3 is 15.0 Å². The predicted octanol–water partition coefficient (Wildman–Crippen LogP) is 3.48. The van der Waals surface area contributed by atoms with Crippen LogP contribution in [-0.2, 0) is 4.79 Å². The predicted molar refractivity (Wildman–Crippen MR) is 91.8 cm³/mol. The zero-order valence-electron chi connectivity index (χ0n) is 13.5. The van der Waals surface area contributed by atoms with Crippen molar-refractivity contribution in [3.63, 3.8) is 0 Å². The minimum absolute atomic E-state index is 0.274. The molecule has 1 fully saturated rings. The number of rotatable bonds is 4. The highest BCUT2D eigenvalue weighted by molar-refractivity contribution is 5.94. The van der Waals surface area contributed by atoms with Crippen molar-refractivity contribution in [2.75, 3.05) is 17.7 Å². The van der Waals surface area contributed by atoms with Crippen LogP contribution in [0, 0.1) is 11.7 Å². The van der Waals surface area contributed by atoms with E-state index in [2.05, 4.69) is 15.6 Å². The largest absolute Gasteiger partial charge is 0.385 e. The monoisotopic (exact) mass is 342 g/mol. The lowest BCUT2D eigenvalue weighted by molar-refractivity contribution is -0.117. The van der Waals surface area contributed by atoms with E-state index in [-0.39, 0.29) is 18.1 Å². The summed E-state index contributed by atoms with van der Waals surface area (Å²) in [4.78, 5) is 16.1. The van der Waals surface area contributed by atoms with Gasteiger partial charge in [0.1, 0.15) is 17.6 Å². The Morgan fingerprint density at radius 3 is 2.80 bits per heavy atom. The highest BCUT2D eigenvalue weighted by atomic mass is 19.1. The van der Waals surface area contributed by atoms with Crippen LogP contribution in [-0.4, -0.2) is 28.5 Å². The van der Waals surface area contributed by atoms with Crippen molar-refractivity contribution < 1.29 is 13.6 Å². The standard InChI is InChI=1S/C18H16F2N4O/c1-21-17-11(3-2-4-13(17)19)10-5-6-16-22-15(9-24(16)8-10)23-18(25)12-7-14(12)20/h2-6,8-9,12,14,21H,7H2,1H3,(H,23,25)/t12-,14+/m1/s1. The summed E-state index contributed by atoms with van der Waals surface area (Å²) < 4.78 is 28.7. The molecule has 0 unspecified atom stereocenters. The van der Waals surface area contributed by atoms with Crippen molar-refractivity contribution in [2.24, 2.45) is 5.92 Å². The minimum atomic E-state index is -1.04. The summed E-state index contributed by atoms with van der Waals surface area (Å²) in [6, 6.07) is 8.49. The van der Waals surface area contributed by atoms with Crippen LogP contribution >= 0.6 is 0 Å². The van der Waals surface area contributed by atoms with Gasteiger partial charge in [-0.15, -0.1) is 0 Å². The molecule has 128 valence electrons. The van der Waals surface area contributed by atoms with E-state index in [1.807, 2.05) is 18.3 Å². The average Bonchev–Trinajstić information content (AvgIpc) is 3.19. The van der Waals surface area contributed by atoms with Gasteiger partial charge in [-0.1, -0.05) is 12.1 Å². The van der Waals surface area contributed by atoms with E-state index >= 15 is 0 Å². The maximum atomic E-state index is 14.0. The Morgan fingerprint density at radius 1 is 1.28 bits per heavy atom. The molecule has 1 saturated carbocycles. The Labute approximate surface area is 142 Å². The van der Waals surface area contributed by atoms with Crippen LogP contribution in [0.25, 0.3) is 16.8 Å². The Hall–Kier alpha value is -2.96. The number of alkyl halides is 1. The fraction of sp³-hybridized carbons (Fsp3) is 0.222. The van der Waals surface area contributed by atoms with Gasteiger partial charge in [-0.3, -0.25) is 4.79 Å². The Kier molecular flexibility index (Phi) is 3.63. The molecule has 2 aromatic heterocycles. The Morgan fingerprint density at radius 2 is 2.08 bits per heavy atom. The number of anilines is 2. The number of nitrogens with zero attached hydrogens (tertiary/aromatic N) is 2. The van der Waals surface area contributed by atoms with Crippen LogP contribution < -0.4 is 10.6 Å². The van der Waals surface area contributed by atoms with E-state index in [9.17, 15) is 13.6 Å². The SMILES string of the molecule is CNc1c(F)cccc1-c1ccc2nc(NC(=O)[C@@H]3C[C@@H]3F)cn2c1. The first-order chi connectivity index (χ1) is 12.1. The molecule has 5 nitrogen and oxygen atoms in total. The van der Waals surface area contributed by atoms with Gasteiger partial charge in [0, 0.05) is 24.4 Å². The van der Waals surface area contributed by atoms with Gasteiger partial charge >= 0.3 is 0 Å². The summed E-state index contributed by atoms with van der Waals surface area (Å²) in [7, 11) is 1.67. The molecular weight excluding hydrogens is 326 g/mol. The summed E-state index contributed by atoms with van der Waals surface area (Å²) in [5.74, 6) is -0.872. The summed E-state index contributed by atoms with van der Waals surface area (Å²) in [6.07, 6.45) is 2.69. The van der Waals surface area contributed by atoms with Gasteiger partial charge in [0.15, 0.2) is 5.82 Å². The van der Waals surface area contributed by atoms with E-state index in [4.69, 9.17) is 0 Å². The molecule has 1 aromatic carbocycles. The lowest BCUT2D eigenvalue weighted by Crippen LogP contribution is -2.15. The molecule has 25 heavy (non-hydrogen) atoms. The second kappa shape index (κ2) is 5.84. The number of amides is 1. The fourth-order valence-corrected chi connectivity index (χ4v) is 2.88. The molecule has 1 aliphatic rings. The lowest BCUT2D eigenvalue weighted by atomic mass is 10.1. The Bertz CT molecular complexity index is 969. The third kappa shape index (κ3) is 2.82. The third-order valence-corrected chi connectivity index (χ3v) is 4.33. The van der Waals surface area contributed by atoms with Crippen molar-refractivity contribution in [3.05, 3.63) is 48.5 Å². The highest BCUT2D eigenvalue weighted by Crippen LogP contribution is 2.35. The maximum absolute atomic E-state index is 14.0. The maximum Gasteiger partial charge on any atom is 0.231 e. The summed E-state index contributed by atoms with van der Waals surface area (Å²) >= 11 is 0. The molecule has 2 atom stereocenters. The smallest absolute Gasteiger partial charge is 0.231 e. The lowest BCUT2D eigenvalue weighted by Gasteiger charge is -2.10. The molecule has 7 heteroatoms. The number of aromatic nitrogens is 2. The van der Waals surface area contributed by atoms with Gasteiger partial charge in [0.05, 0.1) is 17.8 Å². The van der Waals surface area contributed by atoms with Crippen molar-refractivity contribution in [1.29, 1.82) is 0 Å². The van der Waals surface area contributed by atoms with Gasteiger partial charge in [-0.2, -0.15) is 0 Å². The molecule has 0 radical (unpaired) electrons. The Balaban J connectivity index is 1.67. The molecule has 3 aromatic rings. The number of hydrogen-bond donors (Lipinski definition) is 2. The molecule has 1 aliphatic carbocycles. The molecule has 1 amide bonds. The number of carbonyl (C=O) groups excluding carboxylic acids is 1. The van der Waals surface area contributed by atoms with Gasteiger partial charge in [0.25, 0.3) is 0 Å². The summed E-state index contributed by atoms with van der Waals surface area (Å²) in [6.45, 7) is 0. The second-order valence-corrected chi connectivity index (χ2v) is 6.07. The third-order valence-electron chi connectivity index (χ3n) is 4.33. The number of imidazole rings is 1. The molecule has 0 spiro atoms. The zero-order valence-corrected chi connectivity index (χ0v) is 13.5. The van der Waals surface area contributed by atoms with Crippen LogP contribution in [0.1, 0.15) is 6.42 Å². The number of hydrogen-bond acceptors (Lipinski definition) is 3. The topological polar surface area (TPSA) is 58.4 Å². The number of benzene rings is 1. The summed E-state index contributed by atoms with van der Waals surface area (Å²) in [5, 5.41) is 5.50. The number of halogens is 2. The van der Waals surface area contributed by atoms with Crippen molar-refractivity contribution in [2.45, 2.75) is 12.6 Å². The van der Waals surface area contributed by atoms with Gasteiger partial charge in [0.2, 0.25) is 5.91 Å². The van der Waals surface area contributed by atoms with Crippen LogP contribution in [0.2, 0.25) is 0 Å². The van der Waals surface area contributed by atoms with E-state index in [1.165, 1.54) is 6.07 Å². The number of fused-ring (bicyclic) bond motifs is 1. The second-order valence-electron chi connectivity index (χ2n) is 6.07. The van der Waals surface area contributed by atoms with Crippen LogP contribution in [0.4, 0.5) is 20.3 Å². The fourth-order valence-electron chi connectivity index (χ4n) is 2.88. The average molecular weight is 342 g/mol. The number of para-hydroxylation sites is 1. The van der Waals surface area contributed by atoms with Crippen LogP contribution in [0.15, 0.2) is 42.7 Å². The molecule has 0 bridgehead atoms. The van der Waals surface area contributed by atoms with Crippen molar-refractivity contribution in [3.8, 4) is 11.1 Å². The molecule has 2 heterocycles. The molecule has 0 aliphatic heterocycles. The quantitative estimate of drug-likeness (QED) is 0.763. The highest BCUT2D eigenvalue weighted by Gasteiger charge is 2.43. The van der Waals surface area contributed by atoms with E-state index in [1.54, 1.807) is 29.8 Å². The zero-order chi connectivity index (χ0) is 17.6. The van der Waals surface area contributed by atoms with Gasteiger partial charge in [-0.25, -0.2) is 13.8 Å². The molecule has 0 saturated heterocycles. The minimum Gasteiger partial charge on any atom is -0.385 e. The van der Waals surface area contributed by atoms with Crippen LogP contribution in [0.3, 0.4) is 0 Å². The number of carbonyl (C=O) groups is 1. The normalized spacial score (nSPS) is 19.0. The first-order valence-corrected chi connectivity index (χ1v) is 7.97. The molecular formula is C18H16F2N4O. The molecule has 4 rings (SSSR count). The summed E-state index contributed by atoms with van der Waals surface area (Å²) in [5.41, 5.74) is 2.58. The van der Waals surface area contributed by atoms with Gasteiger partial charge in [-0.05, 0) is 24.6 Å². The first kappa shape index (κ1) is 15.6. The molecule has 2 N–H and O–H groups in total. The number of nitrogens with one attached hydrogen (secondary N) is 2. The first-order valence-electron chi connectivity index (χ1n) is 7.97. The van der Waals surface area contributed by atoms with Crippen molar-refractivity contribution in [1.82, 2.24) is 9.38 Å². The van der Waals surface area contributed by atoms with E-state index < -0.39 is 12.1 Å². The van der Waals surface area contributed by atoms with E-state index in [0.29, 0.717) is 17.2 Å².